The summed E-state index contributed by atoms with van der Waals surface area (Å²) in [7, 11) is 0.927. The lowest BCUT2D eigenvalue weighted by Gasteiger charge is -2.23. The Morgan fingerprint density at radius 2 is 1.86 bits per heavy atom. The van der Waals surface area contributed by atoms with Gasteiger partial charge in [0, 0.05) is 12.1 Å². The number of aliphatic hydroxyl groups is 1. The number of urea groups is 1. The van der Waals surface area contributed by atoms with Crippen molar-refractivity contribution in [2.75, 3.05) is 18.9 Å². The van der Waals surface area contributed by atoms with E-state index in [4.69, 9.17) is 16.7 Å². The zero-order valence-electron chi connectivity index (χ0n) is 10.5. The van der Waals surface area contributed by atoms with E-state index in [9.17, 15) is 26.7 Å². The zero-order chi connectivity index (χ0) is 16.4. The van der Waals surface area contributed by atoms with Crippen molar-refractivity contribution in [2.45, 2.75) is 12.3 Å². The van der Waals surface area contributed by atoms with E-state index in [1.807, 2.05) is 0 Å². The Kier molecular flexibility index (Phi) is 5.35. The predicted octanol–water partition coefficient (Wildman–Crippen LogP) is 3.01. The van der Waals surface area contributed by atoms with Crippen molar-refractivity contribution in [3.8, 4) is 0 Å². The standard InChI is InChI=1S/C11H10ClF5N2O2/c1-19(4-8(20)11(15,16)17)10(21)18-9-6(13)2-5(12)3-7(9)14/h2-3,8,20H,4H2,1H3,(H,18,21). The van der Waals surface area contributed by atoms with Crippen molar-refractivity contribution in [1.82, 2.24) is 4.90 Å². The quantitative estimate of drug-likeness (QED) is 0.836. The van der Waals surface area contributed by atoms with Crippen molar-refractivity contribution in [2.24, 2.45) is 0 Å². The second-order valence-electron chi connectivity index (χ2n) is 4.11. The molecule has 0 aromatic heterocycles. The Labute approximate surface area is 121 Å². The summed E-state index contributed by atoms with van der Waals surface area (Å²) in [5, 5.41) is 10.3. The average Bonchev–Trinajstić information content (AvgIpc) is 2.31. The van der Waals surface area contributed by atoms with Crippen molar-refractivity contribution >= 4 is 23.3 Å². The highest BCUT2D eigenvalue weighted by Crippen LogP contribution is 2.24. The highest BCUT2D eigenvalue weighted by Gasteiger charge is 2.39. The summed E-state index contributed by atoms with van der Waals surface area (Å²) >= 11 is 5.38. The Bertz CT molecular complexity index is 515. The van der Waals surface area contributed by atoms with E-state index in [2.05, 4.69) is 0 Å². The molecule has 0 fully saturated rings. The molecule has 2 amide bonds. The molecule has 0 heterocycles. The number of hydrogen-bond acceptors (Lipinski definition) is 2. The lowest BCUT2D eigenvalue weighted by atomic mass is 10.3. The first-order valence-electron chi connectivity index (χ1n) is 5.43. The molecular formula is C11H10ClF5N2O2. The second-order valence-corrected chi connectivity index (χ2v) is 4.55. The fourth-order valence-electron chi connectivity index (χ4n) is 1.31. The molecule has 1 aromatic carbocycles. The SMILES string of the molecule is CN(CC(O)C(F)(F)F)C(=O)Nc1c(F)cc(Cl)cc1F. The Balaban J connectivity index is 2.78. The smallest absolute Gasteiger partial charge is 0.382 e. The number of amides is 2. The van der Waals surface area contributed by atoms with Gasteiger partial charge in [0.15, 0.2) is 17.7 Å². The number of halogens is 6. The van der Waals surface area contributed by atoms with Gasteiger partial charge in [0.25, 0.3) is 0 Å². The van der Waals surface area contributed by atoms with E-state index >= 15 is 0 Å². The highest BCUT2D eigenvalue weighted by molar-refractivity contribution is 6.30. The molecule has 0 spiro atoms. The van der Waals surface area contributed by atoms with Gasteiger partial charge < -0.3 is 15.3 Å². The van der Waals surface area contributed by atoms with Gasteiger partial charge in [0.2, 0.25) is 0 Å². The number of rotatable bonds is 3. The fourth-order valence-corrected chi connectivity index (χ4v) is 1.50. The van der Waals surface area contributed by atoms with Crippen molar-refractivity contribution in [3.63, 3.8) is 0 Å². The lowest BCUT2D eigenvalue weighted by molar-refractivity contribution is -0.205. The summed E-state index contributed by atoms with van der Waals surface area (Å²) in [6.45, 7) is -1.09. The third-order valence-electron chi connectivity index (χ3n) is 2.41. The number of carbonyl (C=O) groups is 1. The molecule has 1 unspecified atom stereocenters. The molecule has 1 aromatic rings. The van der Waals surface area contributed by atoms with E-state index in [0.29, 0.717) is 4.90 Å². The minimum Gasteiger partial charge on any atom is -0.382 e. The van der Waals surface area contributed by atoms with Crippen LogP contribution < -0.4 is 5.32 Å². The van der Waals surface area contributed by atoms with Gasteiger partial charge >= 0.3 is 12.2 Å². The summed E-state index contributed by atoms with van der Waals surface area (Å²) in [6, 6.07) is 0.230. The number of likely N-dealkylation sites (N-methyl/N-ethyl adjacent to an activating group) is 1. The molecule has 0 aliphatic carbocycles. The Hall–Kier alpha value is -1.61. The minimum atomic E-state index is -4.91. The molecular weight excluding hydrogens is 323 g/mol. The number of alkyl halides is 3. The zero-order valence-corrected chi connectivity index (χ0v) is 11.3. The molecule has 21 heavy (non-hydrogen) atoms. The number of aliphatic hydroxyl groups excluding tert-OH is 1. The first-order chi connectivity index (χ1) is 9.52. The van der Waals surface area contributed by atoms with Gasteiger partial charge in [-0.2, -0.15) is 13.2 Å². The van der Waals surface area contributed by atoms with Crippen LogP contribution in [0.2, 0.25) is 5.02 Å². The maximum atomic E-state index is 13.4. The van der Waals surface area contributed by atoms with E-state index in [-0.39, 0.29) is 5.02 Å². The van der Waals surface area contributed by atoms with Crippen LogP contribution in [0.15, 0.2) is 12.1 Å². The van der Waals surface area contributed by atoms with Gasteiger partial charge in [-0.1, -0.05) is 11.6 Å². The minimum absolute atomic E-state index is 0.246. The molecule has 118 valence electrons. The Morgan fingerprint density at radius 3 is 2.29 bits per heavy atom. The number of nitrogens with zero attached hydrogens (tertiary/aromatic N) is 1. The molecule has 0 radical (unpaired) electrons. The van der Waals surface area contributed by atoms with E-state index in [0.717, 1.165) is 19.2 Å². The summed E-state index contributed by atoms with van der Waals surface area (Å²) in [5.74, 6) is -2.36. The number of nitrogens with one attached hydrogen (secondary N) is 1. The lowest BCUT2D eigenvalue weighted by Crippen LogP contribution is -2.43. The number of hydrogen-bond donors (Lipinski definition) is 2. The molecule has 0 aliphatic heterocycles. The third kappa shape index (κ3) is 4.71. The van der Waals surface area contributed by atoms with Crippen molar-refractivity contribution in [3.05, 3.63) is 28.8 Å². The van der Waals surface area contributed by atoms with Crippen molar-refractivity contribution < 1.29 is 31.9 Å². The van der Waals surface area contributed by atoms with Gasteiger partial charge in [0.1, 0.15) is 5.69 Å². The summed E-state index contributed by atoms with van der Waals surface area (Å²) in [6.07, 6.45) is -7.68. The molecule has 4 nitrogen and oxygen atoms in total. The maximum Gasteiger partial charge on any atom is 0.416 e. The first-order valence-corrected chi connectivity index (χ1v) is 5.81. The monoisotopic (exact) mass is 332 g/mol. The van der Waals surface area contributed by atoms with Gasteiger partial charge in [-0.15, -0.1) is 0 Å². The van der Waals surface area contributed by atoms with Crippen LogP contribution in [0.4, 0.5) is 32.4 Å². The molecule has 1 rings (SSSR count). The first kappa shape index (κ1) is 17.4. The predicted molar refractivity (Wildman–Crippen MR) is 65.1 cm³/mol. The molecule has 0 bridgehead atoms. The molecule has 0 saturated carbocycles. The Morgan fingerprint density at radius 1 is 1.38 bits per heavy atom. The maximum absolute atomic E-state index is 13.4. The topological polar surface area (TPSA) is 52.6 Å². The van der Waals surface area contributed by atoms with Gasteiger partial charge in [-0.05, 0) is 12.1 Å². The normalized spacial score (nSPS) is 13.0. The van der Waals surface area contributed by atoms with Gasteiger partial charge in [0.05, 0.1) is 6.54 Å². The van der Waals surface area contributed by atoms with Gasteiger partial charge in [-0.3, -0.25) is 0 Å². The van der Waals surface area contributed by atoms with Crippen LogP contribution >= 0.6 is 11.6 Å². The van der Waals surface area contributed by atoms with E-state index in [1.165, 1.54) is 0 Å². The van der Waals surface area contributed by atoms with E-state index < -0.39 is 42.2 Å². The highest BCUT2D eigenvalue weighted by atomic mass is 35.5. The van der Waals surface area contributed by atoms with Crippen LogP contribution in [0.5, 0.6) is 0 Å². The fraction of sp³-hybridized carbons (Fsp3) is 0.364. The van der Waals surface area contributed by atoms with Gasteiger partial charge in [-0.25, -0.2) is 13.6 Å². The summed E-state index contributed by atoms with van der Waals surface area (Å²) in [4.78, 5) is 12.0. The largest absolute Gasteiger partial charge is 0.416 e. The molecule has 0 aliphatic rings. The second kappa shape index (κ2) is 6.44. The van der Waals surface area contributed by atoms with E-state index in [1.54, 1.807) is 5.32 Å². The van der Waals surface area contributed by atoms with Crippen LogP contribution in [0.3, 0.4) is 0 Å². The molecule has 10 heteroatoms. The molecule has 2 N–H and O–H groups in total. The summed E-state index contributed by atoms with van der Waals surface area (Å²) in [5.41, 5.74) is -0.849. The summed E-state index contributed by atoms with van der Waals surface area (Å²) < 4.78 is 63.2. The average molecular weight is 333 g/mol. The number of benzene rings is 1. The number of carbonyl (C=O) groups excluding carboxylic acids is 1. The number of anilines is 1. The molecule has 0 saturated heterocycles. The van der Waals surface area contributed by atoms with Crippen molar-refractivity contribution in [1.29, 1.82) is 0 Å². The van der Waals surface area contributed by atoms with Crippen LogP contribution in [0, 0.1) is 11.6 Å². The third-order valence-corrected chi connectivity index (χ3v) is 2.63. The van der Waals surface area contributed by atoms with Crippen LogP contribution in [-0.2, 0) is 0 Å². The van der Waals surface area contributed by atoms with Crippen LogP contribution in [-0.4, -0.2) is 41.9 Å². The van der Waals surface area contributed by atoms with Crippen LogP contribution in [0.1, 0.15) is 0 Å². The van der Waals surface area contributed by atoms with Crippen LogP contribution in [0.25, 0.3) is 0 Å². The molecule has 1 atom stereocenters.